The van der Waals surface area contributed by atoms with Gasteiger partial charge < -0.3 is 5.32 Å². The third-order valence-corrected chi connectivity index (χ3v) is 5.08. The fraction of sp³-hybridized carbons (Fsp3) is 0.188. The van der Waals surface area contributed by atoms with E-state index in [9.17, 15) is 13.2 Å². The molecule has 1 amide bonds. The zero-order valence-corrected chi connectivity index (χ0v) is 16.2. The van der Waals surface area contributed by atoms with Crippen molar-refractivity contribution in [3.63, 3.8) is 0 Å². The first-order valence-corrected chi connectivity index (χ1v) is 9.98. The topological polar surface area (TPSA) is 66.5 Å². The van der Waals surface area contributed by atoms with Crippen molar-refractivity contribution in [2.75, 3.05) is 22.4 Å². The standard InChI is InChI=1S/C16H16BrClN2O3S/c1-11-8-13(18)6-7-15(11)20(24(2,22)23)10-16(21)19-14-5-3-4-12(17)9-14/h3-9H,10H2,1-2H3,(H,19,21). The highest BCUT2D eigenvalue weighted by Crippen LogP contribution is 2.25. The van der Waals surface area contributed by atoms with Gasteiger partial charge in [-0.15, -0.1) is 0 Å². The Hall–Kier alpha value is -1.57. The minimum atomic E-state index is -3.63. The average Bonchev–Trinajstić information content (AvgIpc) is 2.44. The summed E-state index contributed by atoms with van der Waals surface area (Å²) in [6, 6.07) is 11.9. The molecule has 2 aromatic rings. The Morgan fingerprint density at radius 1 is 1.25 bits per heavy atom. The minimum absolute atomic E-state index is 0.326. The molecule has 0 fully saturated rings. The van der Waals surface area contributed by atoms with E-state index in [4.69, 9.17) is 11.6 Å². The number of rotatable bonds is 5. The highest BCUT2D eigenvalue weighted by atomic mass is 79.9. The zero-order valence-electron chi connectivity index (χ0n) is 13.1. The molecule has 0 saturated carbocycles. The lowest BCUT2D eigenvalue weighted by atomic mass is 10.2. The lowest BCUT2D eigenvalue weighted by molar-refractivity contribution is -0.114. The molecular weight excluding hydrogens is 416 g/mol. The van der Waals surface area contributed by atoms with Crippen molar-refractivity contribution >= 4 is 54.8 Å². The Kier molecular flexibility index (Phi) is 5.90. The van der Waals surface area contributed by atoms with Gasteiger partial charge in [-0.3, -0.25) is 9.10 Å². The summed E-state index contributed by atoms with van der Waals surface area (Å²) in [5, 5.41) is 3.19. The fourth-order valence-corrected chi connectivity index (χ4v) is 3.72. The third kappa shape index (κ3) is 4.96. The van der Waals surface area contributed by atoms with Crippen molar-refractivity contribution < 1.29 is 13.2 Å². The number of nitrogens with zero attached hydrogens (tertiary/aromatic N) is 1. The molecule has 0 aliphatic heterocycles. The van der Waals surface area contributed by atoms with E-state index in [2.05, 4.69) is 21.2 Å². The molecule has 2 aromatic carbocycles. The van der Waals surface area contributed by atoms with E-state index < -0.39 is 15.9 Å². The molecule has 24 heavy (non-hydrogen) atoms. The van der Waals surface area contributed by atoms with Crippen LogP contribution in [0.3, 0.4) is 0 Å². The molecule has 0 heterocycles. The van der Waals surface area contributed by atoms with Crippen LogP contribution >= 0.6 is 27.5 Å². The molecular formula is C16H16BrClN2O3S. The molecule has 0 saturated heterocycles. The molecule has 0 bridgehead atoms. The van der Waals surface area contributed by atoms with Gasteiger partial charge in [0.2, 0.25) is 15.9 Å². The smallest absolute Gasteiger partial charge is 0.245 e. The summed E-state index contributed by atoms with van der Waals surface area (Å²) in [7, 11) is -3.63. The van der Waals surface area contributed by atoms with Gasteiger partial charge in [-0.05, 0) is 48.9 Å². The number of benzene rings is 2. The molecule has 5 nitrogen and oxygen atoms in total. The van der Waals surface area contributed by atoms with Crippen LogP contribution in [-0.4, -0.2) is 27.1 Å². The summed E-state index contributed by atoms with van der Waals surface area (Å²) >= 11 is 9.23. The summed E-state index contributed by atoms with van der Waals surface area (Å²) < 4.78 is 26.1. The first kappa shape index (κ1) is 18.8. The quantitative estimate of drug-likeness (QED) is 0.783. The number of carbonyl (C=O) groups is 1. The molecule has 128 valence electrons. The van der Waals surface area contributed by atoms with Crippen LogP contribution in [0.4, 0.5) is 11.4 Å². The van der Waals surface area contributed by atoms with Gasteiger partial charge in [0.05, 0.1) is 11.9 Å². The van der Waals surface area contributed by atoms with E-state index in [1.54, 1.807) is 43.3 Å². The summed E-state index contributed by atoms with van der Waals surface area (Å²) in [6.45, 7) is 1.42. The Morgan fingerprint density at radius 2 is 1.96 bits per heavy atom. The van der Waals surface area contributed by atoms with Gasteiger partial charge in [-0.25, -0.2) is 8.42 Å². The van der Waals surface area contributed by atoms with Crippen molar-refractivity contribution in [2.45, 2.75) is 6.92 Å². The molecule has 0 spiro atoms. The van der Waals surface area contributed by atoms with E-state index in [1.807, 2.05) is 6.07 Å². The maximum Gasteiger partial charge on any atom is 0.245 e. The van der Waals surface area contributed by atoms with Crippen LogP contribution in [0.1, 0.15) is 5.56 Å². The van der Waals surface area contributed by atoms with Crippen LogP contribution in [0, 0.1) is 6.92 Å². The van der Waals surface area contributed by atoms with Crippen molar-refractivity contribution in [1.82, 2.24) is 0 Å². The second kappa shape index (κ2) is 7.55. The predicted octanol–water partition coefficient (Wildman–Crippen LogP) is 3.82. The summed E-state index contributed by atoms with van der Waals surface area (Å²) in [5.74, 6) is -0.437. The van der Waals surface area contributed by atoms with Crippen LogP contribution < -0.4 is 9.62 Å². The number of anilines is 2. The molecule has 2 rings (SSSR count). The third-order valence-electron chi connectivity index (χ3n) is 3.22. The molecule has 0 aliphatic carbocycles. The molecule has 1 N–H and O–H groups in total. The molecule has 0 aromatic heterocycles. The van der Waals surface area contributed by atoms with Crippen LogP contribution in [0.15, 0.2) is 46.9 Å². The van der Waals surface area contributed by atoms with E-state index in [0.29, 0.717) is 22.0 Å². The number of carbonyl (C=O) groups excluding carboxylic acids is 1. The van der Waals surface area contributed by atoms with Crippen molar-refractivity contribution in [2.24, 2.45) is 0 Å². The first-order chi connectivity index (χ1) is 11.2. The molecule has 8 heteroatoms. The highest BCUT2D eigenvalue weighted by Gasteiger charge is 2.22. The van der Waals surface area contributed by atoms with Crippen LogP contribution in [0.2, 0.25) is 5.02 Å². The van der Waals surface area contributed by atoms with Crippen LogP contribution in [0.25, 0.3) is 0 Å². The van der Waals surface area contributed by atoms with Crippen LogP contribution in [0.5, 0.6) is 0 Å². The highest BCUT2D eigenvalue weighted by molar-refractivity contribution is 9.10. The van der Waals surface area contributed by atoms with Gasteiger partial charge in [-0.1, -0.05) is 33.6 Å². The molecule has 0 atom stereocenters. The van der Waals surface area contributed by atoms with Gasteiger partial charge in [0.1, 0.15) is 6.54 Å². The molecule has 0 radical (unpaired) electrons. The van der Waals surface area contributed by atoms with E-state index in [-0.39, 0.29) is 6.54 Å². The number of aryl methyl sites for hydroxylation is 1. The average molecular weight is 432 g/mol. The van der Waals surface area contributed by atoms with Crippen molar-refractivity contribution in [1.29, 1.82) is 0 Å². The SMILES string of the molecule is Cc1cc(Cl)ccc1N(CC(=O)Nc1cccc(Br)c1)S(C)(=O)=O. The Morgan fingerprint density at radius 3 is 2.54 bits per heavy atom. The van der Waals surface area contributed by atoms with Crippen molar-refractivity contribution in [3.05, 3.63) is 57.5 Å². The zero-order chi connectivity index (χ0) is 17.9. The maximum atomic E-state index is 12.3. The second-order valence-corrected chi connectivity index (χ2v) is 8.52. The Balaban J connectivity index is 2.25. The Labute approximate surface area is 154 Å². The minimum Gasteiger partial charge on any atom is -0.324 e. The normalized spacial score (nSPS) is 11.2. The van der Waals surface area contributed by atoms with Crippen LogP contribution in [-0.2, 0) is 14.8 Å². The van der Waals surface area contributed by atoms with Gasteiger partial charge in [0.25, 0.3) is 0 Å². The predicted molar refractivity (Wildman–Crippen MR) is 101 cm³/mol. The van der Waals surface area contributed by atoms with Crippen molar-refractivity contribution in [3.8, 4) is 0 Å². The number of nitrogens with one attached hydrogen (secondary N) is 1. The number of sulfonamides is 1. The Bertz CT molecular complexity index is 871. The number of halogens is 2. The lowest BCUT2D eigenvalue weighted by Gasteiger charge is -2.23. The van der Waals surface area contributed by atoms with Gasteiger partial charge >= 0.3 is 0 Å². The summed E-state index contributed by atoms with van der Waals surface area (Å²) in [5.41, 5.74) is 1.67. The fourth-order valence-electron chi connectivity index (χ4n) is 2.18. The van der Waals surface area contributed by atoms with Gasteiger partial charge in [0, 0.05) is 15.2 Å². The summed E-state index contributed by atoms with van der Waals surface area (Å²) in [6.07, 6.45) is 1.06. The first-order valence-electron chi connectivity index (χ1n) is 6.96. The number of hydrogen-bond acceptors (Lipinski definition) is 3. The van der Waals surface area contributed by atoms with E-state index >= 15 is 0 Å². The van der Waals surface area contributed by atoms with E-state index in [1.165, 1.54) is 0 Å². The lowest BCUT2D eigenvalue weighted by Crippen LogP contribution is -2.37. The maximum absolute atomic E-state index is 12.3. The molecule has 0 unspecified atom stereocenters. The second-order valence-electron chi connectivity index (χ2n) is 5.26. The summed E-state index contributed by atoms with van der Waals surface area (Å²) in [4.78, 5) is 12.3. The monoisotopic (exact) mass is 430 g/mol. The van der Waals surface area contributed by atoms with Gasteiger partial charge in [-0.2, -0.15) is 0 Å². The number of hydrogen-bond donors (Lipinski definition) is 1. The van der Waals surface area contributed by atoms with E-state index in [0.717, 1.165) is 15.0 Å². The molecule has 0 aliphatic rings. The number of amides is 1. The largest absolute Gasteiger partial charge is 0.324 e. The van der Waals surface area contributed by atoms with Gasteiger partial charge in [0.15, 0.2) is 0 Å².